The molecule has 0 saturated carbocycles. The van der Waals surface area contributed by atoms with Gasteiger partial charge in [0, 0.05) is 24.0 Å². The van der Waals surface area contributed by atoms with Gasteiger partial charge in [-0.15, -0.1) is 0 Å². The fourth-order valence-electron chi connectivity index (χ4n) is 2.33. The third-order valence-corrected chi connectivity index (χ3v) is 5.79. The summed E-state index contributed by atoms with van der Waals surface area (Å²) < 4.78 is 29.3. The Hall–Kier alpha value is 0.350. The molecule has 108 valence electrons. The lowest BCUT2D eigenvalue weighted by atomic mass is 10.0. The molecule has 2 unspecified atom stereocenters. The molecular formula is C12H25BrN2O2S. The van der Waals surface area contributed by atoms with Gasteiger partial charge in [-0.2, -0.15) is 17.4 Å². The van der Waals surface area contributed by atoms with Crippen molar-refractivity contribution in [3.63, 3.8) is 0 Å². The molecule has 6 heteroatoms. The van der Waals surface area contributed by atoms with Crippen LogP contribution in [0.25, 0.3) is 0 Å². The number of nitrogens with zero attached hydrogens (tertiary/aromatic N) is 1. The Morgan fingerprint density at radius 2 is 2.06 bits per heavy atom. The highest BCUT2D eigenvalue weighted by Crippen LogP contribution is 2.20. The van der Waals surface area contributed by atoms with Gasteiger partial charge < -0.3 is 0 Å². The molecule has 1 aliphatic rings. The van der Waals surface area contributed by atoms with Gasteiger partial charge in [0.05, 0.1) is 0 Å². The Morgan fingerprint density at radius 3 is 2.56 bits per heavy atom. The molecule has 18 heavy (non-hydrogen) atoms. The molecule has 1 heterocycles. The second-order valence-corrected chi connectivity index (χ2v) is 7.85. The first-order valence-corrected chi connectivity index (χ1v) is 9.29. The minimum atomic E-state index is -3.34. The van der Waals surface area contributed by atoms with Crippen LogP contribution in [0.1, 0.15) is 46.5 Å². The fourth-order valence-corrected chi connectivity index (χ4v) is 4.68. The van der Waals surface area contributed by atoms with E-state index in [1.807, 2.05) is 6.92 Å². The summed E-state index contributed by atoms with van der Waals surface area (Å²) in [6.07, 6.45) is 3.88. The molecular weight excluding hydrogens is 316 g/mol. The summed E-state index contributed by atoms with van der Waals surface area (Å²) in [6, 6.07) is 0.122. The Morgan fingerprint density at radius 1 is 1.39 bits per heavy atom. The number of nitrogens with one attached hydrogen (secondary N) is 1. The van der Waals surface area contributed by atoms with E-state index < -0.39 is 10.2 Å². The zero-order valence-electron chi connectivity index (χ0n) is 11.5. The summed E-state index contributed by atoms with van der Waals surface area (Å²) in [5.74, 6) is 0.303. The summed E-state index contributed by atoms with van der Waals surface area (Å²) in [6.45, 7) is 6.74. The van der Waals surface area contributed by atoms with E-state index in [1.165, 1.54) is 0 Å². The lowest BCUT2D eigenvalue weighted by Gasteiger charge is -2.34. The predicted octanol–water partition coefficient (Wildman–Crippen LogP) is 2.50. The SMILES string of the molecule is CC(C)C(CCBr)NS(=O)(=O)N1CCCCC1C. The molecule has 1 N–H and O–H groups in total. The second kappa shape index (κ2) is 7.22. The molecule has 1 fully saturated rings. The third-order valence-electron chi connectivity index (χ3n) is 3.58. The Balaban J connectivity index is 2.72. The highest BCUT2D eigenvalue weighted by atomic mass is 79.9. The maximum absolute atomic E-state index is 12.4. The van der Waals surface area contributed by atoms with Crippen molar-refractivity contribution >= 4 is 26.1 Å². The molecule has 2 atom stereocenters. The van der Waals surface area contributed by atoms with Crippen molar-refractivity contribution in [2.75, 3.05) is 11.9 Å². The van der Waals surface area contributed by atoms with Crippen molar-refractivity contribution in [1.29, 1.82) is 0 Å². The first kappa shape index (κ1) is 16.4. The average Bonchev–Trinajstić information content (AvgIpc) is 2.28. The first-order valence-electron chi connectivity index (χ1n) is 6.73. The normalized spacial score (nSPS) is 24.4. The zero-order chi connectivity index (χ0) is 13.8. The molecule has 0 amide bonds. The highest BCUT2D eigenvalue weighted by Gasteiger charge is 2.31. The number of alkyl halides is 1. The Bertz CT molecular complexity index is 346. The summed E-state index contributed by atoms with van der Waals surface area (Å²) in [4.78, 5) is 0. The quantitative estimate of drug-likeness (QED) is 0.755. The number of halogens is 1. The first-order chi connectivity index (χ1) is 8.38. The highest BCUT2D eigenvalue weighted by molar-refractivity contribution is 9.09. The van der Waals surface area contributed by atoms with E-state index in [1.54, 1.807) is 4.31 Å². The van der Waals surface area contributed by atoms with E-state index in [2.05, 4.69) is 34.5 Å². The van der Waals surface area contributed by atoms with Crippen LogP contribution in [0.3, 0.4) is 0 Å². The van der Waals surface area contributed by atoms with E-state index in [9.17, 15) is 8.42 Å². The Kier molecular flexibility index (Phi) is 6.58. The van der Waals surface area contributed by atoms with Crippen molar-refractivity contribution in [2.24, 2.45) is 5.92 Å². The minimum absolute atomic E-state index is 0.00324. The zero-order valence-corrected chi connectivity index (χ0v) is 13.9. The molecule has 1 aliphatic heterocycles. The monoisotopic (exact) mass is 340 g/mol. The standard InChI is InChI=1S/C12H25BrN2O2S/c1-10(2)12(7-8-13)14-18(16,17)15-9-5-4-6-11(15)3/h10-12,14H,4-9H2,1-3H3. The van der Waals surface area contributed by atoms with Crippen LogP contribution in [-0.2, 0) is 10.2 Å². The van der Waals surface area contributed by atoms with E-state index in [0.29, 0.717) is 12.5 Å². The summed E-state index contributed by atoms with van der Waals surface area (Å²) in [5.41, 5.74) is 0. The van der Waals surface area contributed by atoms with Crippen molar-refractivity contribution in [3.8, 4) is 0 Å². The van der Waals surface area contributed by atoms with Crippen molar-refractivity contribution < 1.29 is 8.42 Å². The van der Waals surface area contributed by atoms with Crippen LogP contribution >= 0.6 is 15.9 Å². The molecule has 1 saturated heterocycles. The van der Waals surface area contributed by atoms with Crippen molar-refractivity contribution in [3.05, 3.63) is 0 Å². The van der Waals surface area contributed by atoms with Gasteiger partial charge in [0.15, 0.2) is 0 Å². The van der Waals surface area contributed by atoms with Crippen LogP contribution in [0, 0.1) is 5.92 Å². The van der Waals surface area contributed by atoms with Crippen LogP contribution < -0.4 is 4.72 Å². The summed E-state index contributed by atoms with van der Waals surface area (Å²) >= 11 is 3.39. The van der Waals surface area contributed by atoms with Crippen LogP contribution in [0.4, 0.5) is 0 Å². The minimum Gasteiger partial charge on any atom is -0.199 e. The van der Waals surface area contributed by atoms with E-state index in [4.69, 9.17) is 0 Å². The van der Waals surface area contributed by atoms with Gasteiger partial charge in [0.2, 0.25) is 0 Å². The third kappa shape index (κ3) is 4.47. The predicted molar refractivity (Wildman–Crippen MR) is 79.1 cm³/mol. The summed E-state index contributed by atoms with van der Waals surface area (Å²) in [7, 11) is -3.34. The molecule has 4 nitrogen and oxygen atoms in total. The molecule has 0 aromatic rings. The maximum atomic E-state index is 12.4. The van der Waals surface area contributed by atoms with Gasteiger partial charge in [-0.3, -0.25) is 0 Å². The number of piperidine rings is 1. The number of rotatable bonds is 6. The van der Waals surface area contributed by atoms with Gasteiger partial charge >= 0.3 is 0 Å². The molecule has 0 radical (unpaired) electrons. The average molecular weight is 341 g/mol. The molecule has 1 rings (SSSR count). The Labute approximate surface area is 120 Å². The fraction of sp³-hybridized carbons (Fsp3) is 1.00. The molecule has 0 spiro atoms. The van der Waals surface area contributed by atoms with Gasteiger partial charge in [0.1, 0.15) is 0 Å². The van der Waals surface area contributed by atoms with Crippen LogP contribution in [0.5, 0.6) is 0 Å². The lowest BCUT2D eigenvalue weighted by molar-refractivity contribution is 0.261. The van der Waals surface area contributed by atoms with E-state index >= 15 is 0 Å². The van der Waals surface area contributed by atoms with Gasteiger partial charge in [0.25, 0.3) is 10.2 Å². The lowest BCUT2D eigenvalue weighted by Crippen LogP contribution is -2.51. The van der Waals surface area contributed by atoms with Crippen LogP contribution in [0.2, 0.25) is 0 Å². The number of hydrogen-bond acceptors (Lipinski definition) is 2. The van der Waals surface area contributed by atoms with E-state index in [-0.39, 0.29) is 12.1 Å². The van der Waals surface area contributed by atoms with Gasteiger partial charge in [-0.25, -0.2) is 0 Å². The van der Waals surface area contributed by atoms with Gasteiger partial charge in [-0.05, 0) is 32.1 Å². The van der Waals surface area contributed by atoms with Crippen LogP contribution in [0.15, 0.2) is 0 Å². The molecule has 0 aromatic heterocycles. The number of hydrogen-bond donors (Lipinski definition) is 1. The molecule has 0 aromatic carbocycles. The van der Waals surface area contributed by atoms with Crippen molar-refractivity contribution in [1.82, 2.24) is 9.03 Å². The van der Waals surface area contributed by atoms with E-state index in [0.717, 1.165) is 31.0 Å². The topological polar surface area (TPSA) is 49.4 Å². The smallest absolute Gasteiger partial charge is 0.199 e. The largest absolute Gasteiger partial charge is 0.279 e. The molecule has 0 aliphatic carbocycles. The van der Waals surface area contributed by atoms with Crippen molar-refractivity contribution in [2.45, 2.75) is 58.5 Å². The molecule has 0 bridgehead atoms. The maximum Gasteiger partial charge on any atom is 0.279 e. The second-order valence-electron chi connectivity index (χ2n) is 5.41. The van der Waals surface area contributed by atoms with Crippen LogP contribution in [-0.4, -0.2) is 36.7 Å². The van der Waals surface area contributed by atoms with Gasteiger partial charge in [-0.1, -0.05) is 36.2 Å². The summed E-state index contributed by atoms with van der Waals surface area (Å²) in [5, 5.41) is 0.813.